The molecule has 1 rings (SSSR count). The number of carbonyl (C=O) groups is 1. The van der Waals surface area contributed by atoms with Crippen LogP contribution in [0, 0.1) is 13.8 Å². The minimum absolute atomic E-state index is 0.235. The van der Waals surface area contributed by atoms with Gasteiger partial charge in [0.25, 0.3) is 0 Å². The van der Waals surface area contributed by atoms with Crippen molar-refractivity contribution in [3.63, 3.8) is 0 Å². The molecular formula is C16H29N3O2S. The summed E-state index contributed by atoms with van der Waals surface area (Å²) < 4.78 is 5.44. The molecule has 0 aliphatic rings. The van der Waals surface area contributed by atoms with Crippen molar-refractivity contribution in [3.05, 3.63) is 15.6 Å². The van der Waals surface area contributed by atoms with Gasteiger partial charge in [-0.3, -0.25) is 0 Å². The number of nitrogens with zero attached hydrogens (tertiary/aromatic N) is 2. The van der Waals surface area contributed by atoms with Gasteiger partial charge in [0.1, 0.15) is 5.60 Å². The molecule has 6 heteroatoms. The molecule has 0 atom stereocenters. The van der Waals surface area contributed by atoms with Crippen molar-refractivity contribution in [1.29, 1.82) is 0 Å². The van der Waals surface area contributed by atoms with Crippen LogP contribution in [-0.2, 0) is 11.3 Å². The third-order valence-corrected chi connectivity index (χ3v) is 4.06. The van der Waals surface area contributed by atoms with Gasteiger partial charge in [-0.05, 0) is 41.0 Å². The summed E-state index contributed by atoms with van der Waals surface area (Å²) in [7, 11) is 0. The molecule has 1 N–H and O–H groups in total. The van der Waals surface area contributed by atoms with E-state index in [1.54, 1.807) is 16.2 Å². The van der Waals surface area contributed by atoms with Crippen molar-refractivity contribution >= 4 is 17.4 Å². The second-order valence-electron chi connectivity index (χ2n) is 6.39. The van der Waals surface area contributed by atoms with Crippen molar-refractivity contribution in [2.75, 3.05) is 19.6 Å². The predicted molar refractivity (Wildman–Crippen MR) is 91.4 cm³/mol. The number of thiazole rings is 1. The van der Waals surface area contributed by atoms with Gasteiger partial charge in [-0.15, -0.1) is 11.3 Å². The largest absolute Gasteiger partial charge is 0.444 e. The van der Waals surface area contributed by atoms with Gasteiger partial charge in [0.2, 0.25) is 0 Å². The number of aromatic nitrogens is 1. The Labute approximate surface area is 138 Å². The van der Waals surface area contributed by atoms with Crippen LogP contribution in [0.1, 0.15) is 49.7 Å². The molecule has 0 unspecified atom stereocenters. The van der Waals surface area contributed by atoms with Gasteiger partial charge in [0.15, 0.2) is 0 Å². The normalized spacial score (nSPS) is 11.5. The van der Waals surface area contributed by atoms with Crippen molar-refractivity contribution in [2.24, 2.45) is 0 Å². The van der Waals surface area contributed by atoms with Crippen LogP contribution in [0.2, 0.25) is 0 Å². The van der Waals surface area contributed by atoms with E-state index in [0.29, 0.717) is 6.54 Å². The van der Waals surface area contributed by atoms with Crippen LogP contribution < -0.4 is 5.32 Å². The van der Waals surface area contributed by atoms with Crippen molar-refractivity contribution in [1.82, 2.24) is 15.2 Å². The topological polar surface area (TPSA) is 54.5 Å². The standard InChI is InChI=1S/C16H29N3O2S/c1-7-9-19(15(20)21-16(4,5)6)10-8-17-11-14-12(2)18-13(3)22-14/h17H,7-11H2,1-6H3. The summed E-state index contributed by atoms with van der Waals surface area (Å²) >= 11 is 1.72. The first-order valence-corrected chi connectivity index (χ1v) is 8.66. The fourth-order valence-electron chi connectivity index (χ4n) is 2.04. The van der Waals surface area contributed by atoms with Gasteiger partial charge in [0.05, 0.1) is 10.7 Å². The zero-order valence-corrected chi connectivity index (χ0v) is 15.5. The van der Waals surface area contributed by atoms with E-state index in [-0.39, 0.29) is 6.09 Å². The van der Waals surface area contributed by atoms with Gasteiger partial charge in [0, 0.05) is 31.1 Å². The second-order valence-corrected chi connectivity index (χ2v) is 7.67. The Bertz CT molecular complexity index is 480. The van der Waals surface area contributed by atoms with E-state index < -0.39 is 5.60 Å². The van der Waals surface area contributed by atoms with E-state index in [0.717, 1.165) is 36.8 Å². The van der Waals surface area contributed by atoms with E-state index >= 15 is 0 Å². The van der Waals surface area contributed by atoms with Gasteiger partial charge in [-0.25, -0.2) is 9.78 Å². The van der Waals surface area contributed by atoms with Crippen LogP contribution in [-0.4, -0.2) is 41.2 Å². The summed E-state index contributed by atoms with van der Waals surface area (Å²) in [6, 6.07) is 0. The number of hydrogen-bond acceptors (Lipinski definition) is 5. The first-order valence-electron chi connectivity index (χ1n) is 7.84. The minimum atomic E-state index is -0.451. The zero-order valence-electron chi connectivity index (χ0n) is 14.7. The molecule has 1 aromatic rings. The number of aryl methyl sites for hydroxylation is 2. The maximum Gasteiger partial charge on any atom is 0.410 e. The second kappa shape index (κ2) is 8.48. The highest BCUT2D eigenvalue weighted by molar-refractivity contribution is 7.11. The lowest BCUT2D eigenvalue weighted by Gasteiger charge is -2.27. The Morgan fingerprint density at radius 1 is 1.32 bits per heavy atom. The van der Waals surface area contributed by atoms with Crippen LogP contribution in [0.3, 0.4) is 0 Å². The summed E-state index contributed by atoms with van der Waals surface area (Å²) in [5, 5.41) is 4.48. The highest BCUT2D eigenvalue weighted by Crippen LogP contribution is 2.16. The molecule has 22 heavy (non-hydrogen) atoms. The fourth-order valence-corrected chi connectivity index (χ4v) is 2.95. The lowest BCUT2D eigenvalue weighted by atomic mass is 10.2. The molecule has 0 fully saturated rings. The first-order chi connectivity index (χ1) is 10.2. The monoisotopic (exact) mass is 327 g/mol. The molecule has 0 spiro atoms. The number of nitrogens with one attached hydrogen (secondary N) is 1. The molecule has 1 amide bonds. The Balaban J connectivity index is 2.41. The molecule has 0 radical (unpaired) electrons. The molecule has 0 saturated heterocycles. The Morgan fingerprint density at radius 3 is 2.50 bits per heavy atom. The third kappa shape index (κ3) is 6.75. The predicted octanol–water partition coefficient (Wildman–Crippen LogP) is 3.50. The van der Waals surface area contributed by atoms with Crippen LogP contribution in [0.5, 0.6) is 0 Å². The van der Waals surface area contributed by atoms with Crippen LogP contribution >= 0.6 is 11.3 Å². The molecule has 0 aliphatic heterocycles. The summed E-state index contributed by atoms with van der Waals surface area (Å²) in [4.78, 5) is 19.6. The van der Waals surface area contributed by atoms with Crippen LogP contribution in [0.25, 0.3) is 0 Å². The summed E-state index contributed by atoms with van der Waals surface area (Å²) in [5.74, 6) is 0. The Morgan fingerprint density at radius 2 is 2.00 bits per heavy atom. The third-order valence-electron chi connectivity index (χ3n) is 2.99. The quantitative estimate of drug-likeness (QED) is 0.779. The molecule has 5 nitrogen and oxygen atoms in total. The van der Waals surface area contributed by atoms with Crippen LogP contribution in [0.15, 0.2) is 0 Å². The number of ether oxygens (including phenoxy) is 1. The smallest absolute Gasteiger partial charge is 0.410 e. The fraction of sp³-hybridized carbons (Fsp3) is 0.750. The van der Waals surface area contributed by atoms with E-state index in [4.69, 9.17) is 4.74 Å². The summed E-state index contributed by atoms with van der Waals surface area (Å²) in [6.07, 6.45) is 0.688. The minimum Gasteiger partial charge on any atom is -0.444 e. The maximum absolute atomic E-state index is 12.1. The highest BCUT2D eigenvalue weighted by Gasteiger charge is 2.21. The summed E-state index contributed by atoms with van der Waals surface area (Å²) in [6.45, 7) is 14.7. The maximum atomic E-state index is 12.1. The van der Waals surface area contributed by atoms with Gasteiger partial charge in [-0.1, -0.05) is 6.92 Å². The lowest BCUT2D eigenvalue weighted by molar-refractivity contribution is 0.0252. The van der Waals surface area contributed by atoms with Crippen LogP contribution in [0.4, 0.5) is 4.79 Å². The van der Waals surface area contributed by atoms with Crippen molar-refractivity contribution in [3.8, 4) is 0 Å². The zero-order chi connectivity index (χ0) is 16.8. The number of carbonyl (C=O) groups excluding carboxylic acids is 1. The molecule has 0 aromatic carbocycles. The van der Waals surface area contributed by atoms with Crippen molar-refractivity contribution < 1.29 is 9.53 Å². The molecular weight excluding hydrogens is 298 g/mol. The van der Waals surface area contributed by atoms with E-state index in [1.165, 1.54) is 4.88 Å². The van der Waals surface area contributed by atoms with Gasteiger partial charge >= 0.3 is 6.09 Å². The van der Waals surface area contributed by atoms with Crippen molar-refractivity contribution in [2.45, 2.75) is 60.1 Å². The number of rotatable bonds is 7. The Kier molecular flexibility index (Phi) is 7.29. The Hall–Kier alpha value is -1.14. The molecule has 0 saturated carbocycles. The molecule has 0 bridgehead atoms. The molecule has 1 heterocycles. The van der Waals surface area contributed by atoms with E-state index in [9.17, 15) is 4.79 Å². The average molecular weight is 327 g/mol. The van der Waals surface area contributed by atoms with E-state index in [1.807, 2.05) is 34.6 Å². The van der Waals surface area contributed by atoms with Gasteiger partial charge < -0.3 is 15.0 Å². The van der Waals surface area contributed by atoms with E-state index in [2.05, 4.69) is 17.2 Å². The average Bonchev–Trinajstić information content (AvgIpc) is 2.69. The highest BCUT2D eigenvalue weighted by atomic mass is 32.1. The first kappa shape index (κ1) is 18.9. The van der Waals surface area contributed by atoms with Gasteiger partial charge in [-0.2, -0.15) is 0 Å². The molecule has 0 aliphatic carbocycles. The molecule has 1 aromatic heterocycles. The molecule has 126 valence electrons. The summed E-state index contributed by atoms with van der Waals surface area (Å²) in [5.41, 5.74) is 0.640. The number of hydrogen-bond donors (Lipinski definition) is 1. The SMILES string of the molecule is CCCN(CCNCc1sc(C)nc1C)C(=O)OC(C)(C)C. The lowest BCUT2D eigenvalue weighted by Crippen LogP contribution is -2.40. The number of amides is 1.